The minimum atomic E-state index is 0. The molecule has 0 aromatic carbocycles. The second-order valence-corrected chi connectivity index (χ2v) is 1.06. The maximum absolute atomic E-state index is 9.53. The molecule has 0 heterocycles. The summed E-state index contributed by atoms with van der Waals surface area (Å²) in [6.45, 7) is 7.11. The van der Waals surface area contributed by atoms with Gasteiger partial charge in [-0.05, 0) is 0 Å². The Balaban J connectivity index is -0.0000000750. The van der Waals surface area contributed by atoms with Crippen molar-refractivity contribution in [2.24, 2.45) is 0 Å². The molecule has 0 amide bonds. The summed E-state index contributed by atoms with van der Waals surface area (Å²) >= 11 is 0. The number of unbranched alkanes of at least 4 members (excludes halogenated alkanes) is 1. The van der Waals surface area contributed by atoms with Crippen LogP contribution in [-0.4, -0.2) is 6.61 Å². The second-order valence-electron chi connectivity index (χ2n) is 1.06. The summed E-state index contributed by atoms with van der Waals surface area (Å²) < 4.78 is 0. The molecule has 1 nitrogen and oxygen atoms in total. The molecule has 0 aromatic rings. The van der Waals surface area contributed by atoms with Gasteiger partial charge >= 0.3 is 19.5 Å². The van der Waals surface area contributed by atoms with Crippen LogP contribution in [0, 0.1) is 6.92 Å². The Labute approximate surface area is 65.2 Å². The fourth-order valence-electron chi connectivity index (χ4n) is 0.144. The first-order chi connectivity index (χ1) is 3.41. The first-order valence-corrected chi connectivity index (χ1v) is 2.70. The molecule has 8 heavy (non-hydrogen) atoms. The van der Waals surface area contributed by atoms with Crippen LogP contribution in [0.2, 0.25) is 0 Å². The molecule has 0 atom stereocenters. The van der Waals surface area contributed by atoms with Crippen LogP contribution in [0.4, 0.5) is 0 Å². The predicted octanol–water partition coefficient (Wildman–Crippen LogP) is 0.985. The van der Waals surface area contributed by atoms with Crippen LogP contribution in [0.5, 0.6) is 0 Å². The molecule has 2 heteroatoms. The average Bonchev–Trinajstić information content (AvgIpc) is 1.75. The van der Waals surface area contributed by atoms with Gasteiger partial charge in [-0.1, -0.05) is 19.8 Å². The van der Waals surface area contributed by atoms with Crippen LogP contribution in [0.25, 0.3) is 0 Å². The van der Waals surface area contributed by atoms with E-state index >= 15 is 0 Å². The zero-order valence-corrected chi connectivity index (χ0v) is 8.91. The van der Waals surface area contributed by atoms with Crippen molar-refractivity contribution in [2.45, 2.75) is 26.7 Å². The summed E-state index contributed by atoms with van der Waals surface area (Å²) in [6.07, 6.45) is 1.86. The third-order valence-corrected chi connectivity index (χ3v) is 0.498. The van der Waals surface area contributed by atoms with E-state index in [4.69, 9.17) is 0 Å². The zero-order chi connectivity index (χ0) is 6.12. The van der Waals surface area contributed by atoms with Crippen molar-refractivity contribution >= 4 is 0 Å². The van der Waals surface area contributed by atoms with Crippen molar-refractivity contribution < 1.29 is 24.6 Å². The summed E-state index contributed by atoms with van der Waals surface area (Å²) in [5.41, 5.74) is 0. The van der Waals surface area contributed by atoms with Crippen LogP contribution in [-0.2, 0) is 19.5 Å². The molecule has 0 fully saturated rings. The van der Waals surface area contributed by atoms with Crippen molar-refractivity contribution in [2.75, 3.05) is 6.61 Å². The first kappa shape index (κ1) is 15.8. The molecule has 0 spiro atoms. The van der Waals surface area contributed by atoms with Gasteiger partial charge in [0.05, 0.1) is 0 Å². The van der Waals surface area contributed by atoms with Gasteiger partial charge < -0.3 is 12.0 Å². The molecule has 0 N–H and O–H groups in total. The van der Waals surface area contributed by atoms with Gasteiger partial charge in [0, 0.05) is 0 Å². The van der Waals surface area contributed by atoms with Crippen molar-refractivity contribution in [1.29, 1.82) is 0 Å². The van der Waals surface area contributed by atoms with Gasteiger partial charge in [-0.3, -0.25) is 0 Å². The van der Waals surface area contributed by atoms with E-state index in [1.165, 1.54) is 0 Å². The Morgan fingerprint density at radius 3 is 1.75 bits per heavy atom. The maximum Gasteiger partial charge on any atom is 2.00 e. The fraction of sp³-hybridized carbons (Fsp3) is 0.833. The van der Waals surface area contributed by atoms with E-state index < -0.39 is 0 Å². The van der Waals surface area contributed by atoms with Gasteiger partial charge in [0.25, 0.3) is 0 Å². The Hall–Kier alpha value is 0.583. The van der Waals surface area contributed by atoms with Gasteiger partial charge in [-0.25, -0.2) is 0 Å². The molecule has 0 saturated heterocycles. The standard InChI is InChI=1S/C4H9O.C2H5.Zn/c1-2-3-4-5;1-2;/h2-4H2,1H3;1H2,2H3;/q2*-1;+2. The van der Waals surface area contributed by atoms with E-state index in [-0.39, 0.29) is 26.1 Å². The van der Waals surface area contributed by atoms with Crippen molar-refractivity contribution in [1.82, 2.24) is 0 Å². The Morgan fingerprint density at radius 1 is 1.38 bits per heavy atom. The van der Waals surface area contributed by atoms with Crippen LogP contribution in [0.1, 0.15) is 26.7 Å². The summed E-state index contributed by atoms with van der Waals surface area (Å²) in [7, 11) is 0. The van der Waals surface area contributed by atoms with Gasteiger partial charge in [0.2, 0.25) is 0 Å². The molecule has 0 aliphatic rings. The Kier molecular flexibility index (Phi) is 50.7. The van der Waals surface area contributed by atoms with Crippen LogP contribution >= 0.6 is 0 Å². The van der Waals surface area contributed by atoms with E-state index in [0.717, 1.165) is 12.8 Å². The third-order valence-electron chi connectivity index (χ3n) is 0.498. The average molecular weight is 168 g/mol. The smallest absolute Gasteiger partial charge is 0.854 e. The van der Waals surface area contributed by atoms with E-state index in [1.807, 2.05) is 6.92 Å². The van der Waals surface area contributed by atoms with Crippen molar-refractivity contribution in [3.05, 3.63) is 6.92 Å². The number of rotatable bonds is 2. The van der Waals surface area contributed by atoms with Crippen molar-refractivity contribution in [3.8, 4) is 0 Å². The summed E-state index contributed by atoms with van der Waals surface area (Å²) in [6, 6.07) is 0. The van der Waals surface area contributed by atoms with Crippen LogP contribution in [0.15, 0.2) is 0 Å². The molecule has 0 aliphatic heterocycles. The number of hydrogen-bond donors (Lipinski definition) is 0. The molecule has 0 unspecified atom stereocenters. The summed E-state index contributed by atoms with van der Waals surface area (Å²) in [5, 5.41) is 9.53. The van der Waals surface area contributed by atoms with E-state index in [9.17, 15) is 5.11 Å². The van der Waals surface area contributed by atoms with Gasteiger partial charge in [0.15, 0.2) is 0 Å². The predicted molar refractivity (Wildman–Crippen MR) is 30.8 cm³/mol. The van der Waals surface area contributed by atoms with Crippen LogP contribution in [0.3, 0.4) is 0 Å². The second kappa shape index (κ2) is 25.6. The Bertz CT molecular complexity index is 16.0. The summed E-state index contributed by atoms with van der Waals surface area (Å²) in [4.78, 5) is 0. The molecule has 0 saturated carbocycles. The molecule has 0 radical (unpaired) electrons. The molecular formula is C6H14OZn. The van der Waals surface area contributed by atoms with Crippen molar-refractivity contribution in [3.63, 3.8) is 0 Å². The van der Waals surface area contributed by atoms with Gasteiger partial charge in [-0.2, -0.15) is 6.92 Å². The van der Waals surface area contributed by atoms with Gasteiger partial charge in [0.1, 0.15) is 0 Å². The SMILES string of the molecule is CCCC[O-].[CH2-]C.[Zn+2]. The van der Waals surface area contributed by atoms with Crippen LogP contribution < -0.4 is 5.11 Å². The first-order valence-electron chi connectivity index (χ1n) is 2.70. The van der Waals surface area contributed by atoms with E-state index in [2.05, 4.69) is 6.92 Å². The van der Waals surface area contributed by atoms with E-state index in [1.54, 1.807) is 6.92 Å². The molecule has 0 bridgehead atoms. The molecule has 0 rings (SSSR count). The molecule has 0 aromatic heterocycles. The normalized spacial score (nSPS) is 6.00. The monoisotopic (exact) mass is 166 g/mol. The maximum atomic E-state index is 9.53. The summed E-state index contributed by atoms with van der Waals surface area (Å²) in [5.74, 6) is 0. The largest absolute Gasteiger partial charge is 2.00 e. The Morgan fingerprint density at radius 2 is 1.75 bits per heavy atom. The van der Waals surface area contributed by atoms with E-state index in [0.29, 0.717) is 0 Å². The molecular weight excluding hydrogens is 153 g/mol. The molecule has 0 aliphatic carbocycles. The topological polar surface area (TPSA) is 23.1 Å². The molecule has 46 valence electrons. The third kappa shape index (κ3) is 30.8. The minimum Gasteiger partial charge on any atom is -0.854 e. The zero-order valence-electron chi connectivity index (χ0n) is 5.94. The number of hydrogen-bond acceptors (Lipinski definition) is 1. The fourth-order valence-corrected chi connectivity index (χ4v) is 0.144. The van der Waals surface area contributed by atoms with Gasteiger partial charge in [-0.15, -0.1) is 6.61 Å². The quantitative estimate of drug-likeness (QED) is 0.444. The minimum absolute atomic E-state index is 0.